The standard InChI is InChI=1S/C12H23N3O4S/c1-2-20(17,18)15-7-5-14(6-8-15)11(16)12(13)3-9-19-10-4-12/h2-10,13H2,1H3. The van der Waals surface area contributed by atoms with Crippen LogP contribution >= 0.6 is 0 Å². The molecule has 20 heavy (non-hydrogen) atoms. The van der Waals surface area contributed by atoms with Gasteiger partial charge in [0.15, 0.2) is 0 Å². The SMILES string of the molecule is CCS(=O)(=O)N1CCN(C(=O)C2(N)CCOCC2)CC1. The summed E-state index contributed by atoms with van der Waals surface area (Å²) in [7, 11) is -3.17. The first-order chi connectivity index (χ1) is 9.39. The van der Waals surface area contributed by atoms with E-state index >= 15 is 0 Å². The summed E-state index contributed by atoms with van der Waals surface area (Å²) >= 11 is 0. The fraction of sp³-hybridized carbons (Fsp3) is 0.917. The van der Waals surface area contributed by atoms with Crippen molar-refractivity contribution in [3.05, 3.63) is 0 Å². The summed E-state index contributed by atoms with van der Waals surface area (Å²) in [5, 5.41) is 0. The normalized spacial score (nSPS) is 24.6. The van der Waals surface area contributed by atoms with E-state index in [9.17, 15) is 13.2 Å². The molecule has 2 saturated heterocycles. The van der Waals surface area contributed by atoms with E-state index in [2.05, 4.69) is 0 Å². The summed E-state index contributed by atoms with van der Waals surface area (Å²) in [5.41, 5.74) is 5.33. The van der Waals surface area contributed by atoms with Crippen LogP contribution in [0.1, 0.15) is 19.8 Å². The summed E-state index contributed by atoms with van der Waals surface area (Å²) in [5.74, 6) is 0.0217. The monoisotopic (exact) mass is 305 g/mol. The lowest BCUT2D eigenvalue weighted by molar-refractivity contribution is -0.141. The van der Waals surface area contributed by atoms with Gasteiger partial charge in [0.05, 0.1) is 11.3 Å². The number of rotatable bonds is 3. The van der Waals surface area contributed by atoms with Gasteiger partial charge in [-0.1, -0.05) is 0 Å². The minimum atomic E-state index is -3.17. The van der Waals surface area contributed by atoms with Crippen LogP contribution in [0.15, 0.2) is 0 Å². The van der Waals surface area contributed by atoms with Crippen molar-refractivity contribution in [2.45, 2.75) is 25.3 Å². The topological polar surface area (TPSA) is 92.9 Å². The van der Waals surface area contributed by atoms with Crippen molar-refractivity contribution in [1.82, 2.24) is 9.21 Å². The number of ether oxygens (including phenoxy) is 1. The van der Waals surface area contributed by atoms with Gasteiger partial charge in [-0.05, 0) is 19.8 Å². The van der Waals surface area contributed by atoms with Crippen LogP contribution in [0.2, 0.25) is 0 Å². The van der Waals surface area contributed by atoms with Crippen molar-refractivity contribution in [2.75, 3.05) is 45.1 Å². The Balaban J connectivity index is 1.95. The molecule has 0 unspecified atom stereocenters. The zero-order chi connectivity index (χ0) is 14.8. The van der Waals surface area contributed by atoms with Crippen molar-refractivity contribution in [3.63, 3.8) is 0 Å². The molecule has 2 aliphatic heterocycles. The molecule has 2 N–H and O–H groups in total. The van der Waals surface area contributed by atoms with E-state index in [4.69, 9.17) is 10.5 Å². The van der Waals surface area contributed by atoms with Crippen LogP contribution in [0.25, 0.3) is 0 Å². The average molecular weight is 305 g/mol. The van der Waals surface area contributed by atoms with Crippen molar-refractivity contribution in [3.8, 4) is 0 Å². The maximum absolute atomic E-state index is 12.5. The Labute approximate surface area is 120 Å². The van der Waals surface area contributed by atoms with Crippen molar-refractivity contribution < 1.29 is 17.9 Å². The molecule has 2 rings (SSSR count). The summed E-state index contributed by atoms with van der Waals surface area (Å²) in [6.45, 7) is 4.18. The van der Waals surface area contributed by atoms with Gasteiger partial charge in [-0.25, -0.2) is 8.42 Å². The quantitative estimate of drug-likeness (QED) is 0.721. The average Bonchev–Trinajstić information content (AvgIpc) is 2.47. The summed E-state index contributed by atoms with van der Waals surface area (Å²) < 4.78 is 30.2. The molecule has 0 atom stereocenters. The molecule has 0 aromatic rings. The van der Waals surface area contributed by atoms with Crippen molar-refractivity contribution in [2.24, 2.45) is 5.73 Å². The van der Waals surface area contributed by atoms with Crippen LogP contribution in [0.5, 0.6) is 0 Å². The van der Waals surface area contributed by atoms with E-state index in [0.29, 0.717) is 52.2 Å². The first-order valence-corrected chi connectivity index (χ1v) is 8.64. The predicted octanol–water partition coefficient (Wildman–Crippen LogP) is -1.01. The molecule has 8 heteroatoms. The molecule has 0 aliphatic carbocycles. The Morgan fingerprint density at radius 1 is 1.20 bits per heavy atom. The lowest BCUT2D eigenvalue weighted by atomic mass is 9.89. The Kier molecular flexibility index (Phi) is 4.68. The minimum absolute atomic E-state index is 0.0747. The number of sulfonamides is 1. The van der Waals surface area contributed by atoms with Gasteiger partial charge in [-0.3, -0.25) is 4.79 Å². The number of piperazine rings is 1. The zero-order valence-corrected chi connectivity index (χ0v) is 12.7. The third-order valence-corrected chi connectivity index (χ3v) is 5.98. The largest absolute Gasteiger partial charge is 0.381 e. The molecule has 0 spiro atoms. The lowest BCUT2D eigenvalue weighted by Gasteiger charge is -2.40. The van der Waals surface area contributed by atoms with E-state index in [1.165, 1.54) is 4.31 Å². The fourth-order valence-electron chi connectivity index (χ4n) is 2.62. The highest BCUT2D eigenvalue weighted by molar-refractivity contribution is 7.89. The van der Waals surface area contributed by atoms with E-state index in [1.807, 2.05) is 0 Å². The second-order valence-electron chi connectivity index (χ2n) is 5.36. The van der Waals surface area contributed by atoms with Crippen LogP contribution in [-0.4, -0.2) is 74.2 Å². The van der Waals surface area contributed by atoms with Gasteiger partial charge in [0.1, 0.15) is 0 Å². The van der Waals surface area contributed by atoms with Crippen LogP contribution in [0.3, 0.4) is 0 Å². The maximum Gasteiger partial charge on any atom is 0.242 e. The second-order valence-corrected chi connectivity index (χ2v) is 7.62. The minimum Gasteiger partial charge on any atom is -0.381 e. The smallest absolute Gasteiger partial charge is 0.242 e. The van der Waals surface area contributed by atoms with Gasteiger partial charge < -0.3 is 15.4 Å². The molecule has 2 aliphatic rings. The predicted molar refractivity (Wildman–Crippen MR) is 74.6 cm³/mol. The number of hydrogen-bond acceptors (Lipinski definition) is 5. The molecule has 2 fully saturated rings. The number of carbonyl (C=O) groups excluding carboxylic acids is 1. The summed E-state index contributed by atoms with van der Waals surface area (Å²) in [6.07, 6.45) is 1.05. The highest BCUT2D eigenvalue weighted by Gasteiger charge is 2.40. The number of amides is 1. The molecule has 2 heterocycles. The number of nitrogens with zero attached hydrogens (tertiary/aromatic N) is 2. The summed E-state index contributed by atoms with van der Waals surface area (Å²) in [6, 6.07) is 0. The molecule has 0 aromatic carbocycles. The molecule has 0 saturated carbocycles. The number of hydrogen-bond donors (Lipinski definition) is 1. The van der Waals surface area contributed by atoms with Crippen LogP contribution in [-0.2, 0) is 19.6 Å². The molecular weight excluding hydrogens is 282 g/mol. The van der Waals surface area contributed by atoms with Crippen LogP contribution in [0, 0.1) is 0 Å². The number of nitrogens with two attached hydrogens (primary N) is 1. The van der Waals surface area contributed by atoms with Gasteiger partial charge in [0.2, 0.25) is 15.9 Å². The Morgan fingerprint density at radius 3 is 2.25 bits per heavy atom. The number of carbonyl (C=O) groups is 1. The van der Waals surface area contributed by atoms with Gasteiger partial charge in [0.25, 0.3) is 0 Å². The molecule has 0 aromatic heterocycles. The second kappa shape index (κ2) is 5.97. The highest BCUT2D eigenvalue weighted by atomic mass is 32.2. The maximum atomic E-state index is 12.5. The molecule has 0 radical (unpaired) electrons. The van der Waals surface area contributed by atoms with Gasteiger partial charge in [0, 0.05) is 39.4 Å². The van der Waals surface area contributed by atoms with Crippen molar-refractivity contribution in [1.29, 1.82) is 0 Å². The van der Waals surface area contributed by atoms with Gasteiger partial charge in [-0.15, -0.1) is 0 Å². The Hall–Kier alpha value is -0.700. The van der Waals surface area contributed by atoms with Crippen molar-refractivity contribution >= 4 is 15.9 Å². The molecule has 116 valence electrons. The van der Waals surface area contributed by atoms with E-state index in [1.54, 1.807) is 11.8 Å². The van der Waals surface area contributed by atoms with Crippen LogP contribution < -0.4 is 5.73 Å². The third kappa shape index (κ3) is 3.13. The third-order valence-electron chi connectivity index (χ3n) is 4.09. The first kappa shape index (κ1) is 15.7. The summed E-state index contributed by atoms with van der Waals surface area (Å²) in [4.78, 5) is 14.2. The van der Waals surface area contributed by atoms with E-state index in [-0.39, 0.29) is 11.7 Å². The van der Waals surface area contributed by atoms with Crippen LogP contribution in [0.4, 0.5) is 0 Å². The van der Waals surface area contributed by atoms with E-state index < -0.39 is 15.6 Å². The van der Waals surface area contributed by atoms with Gasteiger partial charge >= 0.3 is 0 Å². The molecule has 0 bridgehead atoms. The van der Waals surface area contributed by atoms with E-state index in [0.717, 1.165) is 0 Å². The zero-order valence-electron chi connectivity index (χ0n) is 11.9. The Bertz CT molecular complexity index is 451. The highest BCUT2D eigenvalue weighted by Crippen LogP contribution is 2.21. The van der Waals surface area contributed by atoms with Gasteiger partial charge in [-0.2, -0.15) is 4.31 Å². The Morgan fingerprint density at radius 2 is 1.75 bits per heavy atom. The fourth-order valence-corrected chi connectivity index (χ4v) is 3.70. The molecular formula is C12H23N3O4S. The lowest BCUT2D eigenvalue weighted by Crippen LogP contribution is -2.61. The molecule has 7 nitrogen and oxygen atoms in total. The molecule has 1 amide bonds. The first-order valence-electron chi connectivity index (χ1n) is 7.03.